The summed E-state index contributed by atoms with van der Waals surface area (Å²) in [5, 5.41) is 2.74. The minimum absolute atomic E-state index is 0.0130. The van der Waals surface area contributed by atoms with Gasteiger partial charge in [-0.2, -0.15) is 4.98 Å². The molecule has 0 aliphatic heterocycles. The van der Waals surface area contributed by atoms with Gasteiger partial charge in [-0.15, -0.1) is 0 Å². The molecule has 0 saturated heterocycles. The topological polar surface area (TPSA) is 76.3 Å². The molecule has 0 unspecified atom stereocenters. The molecule has 0 spiro atoms. The molecule has 146 valence electrons. The first-order chi connectivity index (χ1) is 12.6. The van der Waals surface area contributed by atoms with Gasteiger partial charge in [0.1, 0.15) is 18.2 Å². The lowest BCUT2D eigenvalue weighted by Gasteiger charge is -2.15. The summed E-state index contributed by atoms with van der Waals surface area (Å²) in [6.07, 6.45) is 3.02. The Morgan fingerprint density at radius 2 is 2.07 bits per heavy atom. The first-order valence-electron chi connectivity index (χ1n) is 8.10. The van der Waals surface area contributed by atoms with E-state index < -0.39 is 17.3 Å². The third-order valence-corrected chi connectivity index (χ3v) is 3.58. The molecule has 0 aliphatic carbocycles. The molecule has 1 heterocycles. The zero-order chi connectivity index (χ0) is 20.2. The van der Waals surface area contributed by atoms with Crippen LogP contribution < -0.4 is 20.7 Å². The molecule has 0 saturated carbocycles. The lowest BCUT2D eigenvalue weighted by Crippen LogP contribution is -2.16. The number of halogens is 3. The summed E-state index contributed by atoms with van der Waals surface area (Å²) in [5.74, 6) is -3.53. The van der Waals surface area contributed by atoms with Gasteiger partial charge in [0.2, 0.25) is 0 Å². The fraction of sp³-hybridized carbons (Fsp3) is 0.333. The van der Waals surface area contributed by atoms with Gasteiger partial charge < -0.3 is 20.7 Å². The molecule has 3 N–H and O–H groups in total. The summed E-state index contributed by atoms with van der Waals surface area (Å²) in [7, 11) is 3.71. The Bertz CT molecular complexity index is 834. The van der Waals surface area contributed by atoms with Gasteiger partial charge in [0.25, 0.3) is 5.92 Å². The average molecular weight is 381 g/mol. The number of nitrogens with zero attached hydrogens (tertiary/aromatic N) is 3. The summed E-state index contributed by atoms with van der Waals surface area (Å²) in [6.45, 7) is 2.51. The number of alkyl halides is 2. The minimum atomic E-state index is -3.28. The van der Waals surface area contributed by atoms with Crippen LogP contribution in [-0.4, -0.2) is 30.7 Å². The molecular formula is C18H22F3N5O. The maximum atomic E-state index is 13.5. The average Bonchev–Trinajstić information content (AvgIpc) is 2.59. The lowest BCUT2D eigenvalue weighted by molar-refractivity contribution is 0.0138. The van der Waals surface area contributed by atoms with Crippen LogP contribution in [0, 0.1) is 12.7 Å². The van der Waals surface area contributed by atoms with Crippen molar-refractivity contribution >= 4 is 11.5 Å². The van der Waals surface area contributed by atoms with Crippen molar-refractivity contribution in [3.63, 3.8) is 0 Å². The second-order valence-corrected chi connectivity index (χ2v) is 6.29. The molecule has 0 aliphatic rings. The minimum Gasteiger partial charge on any atom is -0.457 e. The third-order valence-electron chi connectivity index (χ3n) is 3.58. The van der Waals surface area contributed by atoms with Crippen molar-refractivity contribution < 1.29 is 17.9 Å². The number of ether oxygens (including phenoxy) is 1. The highest BCUT2D eigenvalue weighted by molar-refractivity contribution is 5.49. The molecule has 1 aromatic carbocycles. The van der Waals surface area contributed by atoms with Crippen LogP contribution >= 0.6 is 0 Å². The van der Waals surface area contributed by atoms with Crippen molar-refractivity contribution in [2.75, 3.05) is 30.9 Å². The van der Waals surface area contributed by atoms with E-state index in [9.17, 15) is 13.2 Å². The number of aromatic nitrogens is 2. The fourth-order valence-electron chi connectivity index (χ4n) is 2.26. The van der Waals surface area contributed by atoms with Crippen LogP contribution in [0.3, 0.4) is 0 Å². The number of benzene rings is 1. The summed E-state index contributed by atoms with van der Waals surface area (Å²) in [5.41, 5.74) is 6.60. The van der Waals surface area contributed by atoms with Gasteiger partial charge in [-0.05, 0) is 25.1 Å². The molecule has 6 nitrogen and oxygen atoms in total. The van der Waals surface area contributed by atoms with E-state index in [0.717, 1.165) is 23.5 Å². The smallest absolute Gasteiger partial charge is 0.318 e. The van der Waals surface area contributed by atoms with Gasteiger partial charge in [0.05, 0.1) is 11.3 Å². The molecule has 0 amide bonds. The highest BCUT2D eigenvalue weighted by Crippen LogP contribution is 2.31. The van der Waals surface area contributed by atoms with Gasteiger partial charge >= 0.3 is 6.01 Å². The van der Waals surface area contributed by atoms with Gasteiger partial charge in [-0.1, -0.05) is 0 Å². The predicted octanol–water partition coefficient (Wildman–Crippen LogP) is 3.39. The Labute approximate surface area is 155 Å². The Kier molecular flexibility index (Phi) is 6.14. The Morgan fingerprint density at radius 3 is 2.70 bits per heavy atom. The van der Waals surface area contributed by atoms with Crippen molar-refractivity contribution in [2.24, 2.45) is 5.73 Å². The SMILES string of the molecule is Cc1cnc(OC/C(N)=C/Nc2ccc(F)c(C(C)(F)F)c2)nc1N(C)C. The summed E-state index contributed by atoms with van der Waals surface area (Å²) in [6, 6.07) is 3.50. The van der Waals surface area contributed by atoms with E-state index >= 15 is 0 Å². The first-order valence-corrected chi connectivity index (χ1v) is 8.10. The van der Waals surface area contributed by atoms with Gasteiger partial charge in [0, 0.05) is 44.7 Å². The first kappa shape index (κ1) is 20.3. The van der Waals surface area contributed by atoms with E-state index in [1.165, 1.54) is 12.3 Å². The van der Waals surface area contributed by atoms with Crippen LogP contribution in [0.2, 0.25) is 0 Å². The van der Waals surface area contributed by atoms with Crippen molar-refractivity contribution in [1.82, 2.24) is 9.97 Å². The van der Waals surface area contributed by atoms with Crippen molar-refractivity contribution in [1.29, 1.82) is 0 Å². The third kappa shape index (κ3) is 5.50. The number of rotatable bonds is 7. The van der Waals surface area contributed by atoms with Crippen LogP contribution in [-0.2, 0) is 5.92 Å². The highest BCUT2D eigenvalue weighted by Gasteiger charge is 2.28. The van der Waals surface area contributed by atoms with Gasteiger partial charge in [-0.25, -0.2) is 18.2 Å². The van der Waals surface area contributed by atoms with Crippen molar-refractivity contribution in [3.05, 3.63) is 53.2 Å². The number of aryl methyl sites for hydroxylation is 1. The van der Waals surface area contributed by atoms with E-state index in [1.54, 1.807) is 6.20 Å². The molecule has 0 radical (unpaired) electrons. The normalized spacial score (nSPS) is 12.0. The van der Waals surface area contributed by atoms with E-state index in [-0.39, 0.29) is 24.0 Å². The number of nitrogens with one attached hydrogen (secondary N) is 1. The molecule has 2 aromatic rings. The Balaban J connectivity index is 2.02. The van der Waals surface area contributed by atoms with E-state index in [2.05, 4.69) is 15.3 Å². The Hall–Kier alpha value is -2.97. The number of nitrogens with two attached hydrogens (primary N) is 1. The molecule has 27 heavy (non-hydrogen) atoms. The molecular weight excluding hydrogens is 359 g/mol. The summed E-state index contributed by atoms with van der Waals surface area (Å²) >= 11 is 0. The summed E-state index contributed by atoms with van der Waals surface area (Å²) in [4.78, 5) is 10.2. The summed E-state index contributed by atoms with van der Waals surface area (Å²) < 4.78 is 45.7. The van der Waals surface area contributed by atoms with Gasteiger partial charge in [-0.3, -0.25) is 0 Å². The zero-order valence-electron chi connectivity index (χ0n) is 15.6. The van der Waals surface area contributed by atoms with Crippen LogP contribution in [0.15, 0.2) is 36.3 Å². The molecule has 0 bridgehead atoms. The molecule has 0 atom stereocenters. The standard InChI is InChI=1S/C18H22F3N5O/c1-11-8-24-17(25-16(11)26(3)4)27-10-12(22)9-23-13-5-6-15(19)14(7-13)18(2,20)21/h5-9,23H,10,22H2,1-4H3/b12-9-. The van der Waals surface area contributed by atoms with E-state index in [4.69, 9.17) is 10.5 Å². The number of hydrogen-bond donors (Lipinski definition) is 2. The van der Waals surface area contributed by atoms with E-state index in [0.29, 0.717) is 6.92 Å². The Morgan fingerprint density at radius 1 is 1.37 bits per heavy atom. The second kappa shape index (κ2) is 8.15. The number of hydrogen-bond acceptors (Lipinski definition) is 6. The molecule has 9 heteroatoms. The monoisotopic (exact) mass is 381 g/mol. The fourth-order valence-corrected chi connectivity index (χ4v) is 2.26. The lowest BCUT2D eigenvalue weighted by atomic mass is 10.1. The molecule has 1 aromatic heterocycles. The molecule has 0 fully saturated rings. The maximum absolute atomic E-state index is 13.5. The predicted molar refractivity (Wildman–Crippen MR) is 98.5 cm³/mol. The molecule has 2 rings (SSSR count). The van der Waals surface area contributed by atoms with Crippen LogP contribution in [0.25, 0.3) is 0 Å². The highest BCUT2D eigenvalue weighted by atomic mass is 19.3. The maximum Gasteiger partial charge on any atom is 0.318 e. The van der Waals surface area contributed by atoms with Crippen LogP contribution in [0.1, 0.15) is 18.1 Å². The van der Waals surface area contributed by atoms with Crippen molar-refractivity contribution in [2.45, 2.75) is 19.8 Å². The van der Waals surface area contributed by atoms with Crippen LogP contribution in [0.5, 0.6) is 6.01 Å². The quantitative estimate of drug-likeness (QED) is 0.766. The second-order valence-electron chi connectivity index (χ2n) is 6.29. The van der Waals surface area contributed by atoms with Crippen molar-refractivity contribution in [3.8, 4) is 6.01 Å². The van der Waals surface area contributed by atoms with Gasteiger partial charge in [0.15, 0.2) is 0 Å². The van der Waals surface area contributed by atoms with Crippen LogP contribution in [0.4, 0.5) is 24.7 Å². The zero-order valence-corrected chi connectivity index (χ0v) is 15.6. The largest absolute Gasteiger partial charge is 0.457 e. The number of anilines is 2. The van der Waals surface area contributed by atoms with E-state index in [1.807, 2.05) is 25.9 Å².